The molecule has 10 nitrogen and oxygen atoms in total. The topological polar surface area (TPSA) is 113 Å². The van der Waals surface area contributed by atoms with Crippen LogP contribution in [-0.4, -0.2) is 89.6 Å². The van der Waals surface area contributed by atoms with Gasteiger partial charge < -0.3 is 9.97 Å². The first-order chi connectivity index (χ1) is 21.2. The van der Waals surface area contributed by atoms with Gasteiger partial charge in [-0.05, 0) is 52.1 Å². The minimum absolute atomic E-state index is 0.00136. The fourth-order valence-corrected chi connectivity index (χ4v) is 6.90. The monoisotopic (exact) mass is 626 g/mol. The Kier molecular flexibility index (Phi) is 7.42. The van der Waals surface area contributed by atoms with Crippen LogP contribution in [0, 0.1) is 10.7 Å². The van der Waals surface area contributed by atoms with Crippen molar-refractivity contribution in [1.29, 1.82) is 0 Å². The van der Waals surface area contributed by atoms with Crippen LogP contribution in [0.5, 0.6) is 0 Å². The van der Waals surface area contributed by atoms with E-state index in [1.807, 2.05) is 76.2 Å². The largest absolute Gasteiger partial charge is 0.352 e. The van der Waals surface area contributed by atoms with Gasteiger partial charge in [0.05, 0.1) is 21.4 Å². The van der Waals surface area contributed by atoms with Gasteiger partial charge in [0.15, 0.2) is 10.2 Å². The maximum Gasteiger partial charge on any atom is 0.267 e. The number of thiocarbonyl (C=S) groups is 2. The second kappa shape index (κ2) is 11.1. The molecule has 0 saturated carbocycles. The molecule has 2 saturated heterocycles. The van der Waals surface area contributed by atoms with Crippen molar-refractivity contribution in [2.24, 2.45) is 0 Å². The molecule has 2 aliphatic heterocycles. The van der Waals surface area contributed by atoms with E-state index in [1.165, 1.54) is 19.6 Å². The number of carbonyl (C=O) groups is 4. The normalized spacial score (nSPS) is 17.4. The summed E-state index contributed by atoms with van der Waals surface area (Å²) in [4.78, 5) is 67.3. The summed E-state index contributed by atoms with van der Waals surface area (Å²) in [5.74, 6) is -1.86. The van der Waals surface area contributed by atoms with Crippen LogP contribution >= 0.6 is 24.4 Å². The number of carbonyl (C=O) groups excluding carboxylic acids is 4. The van der Waals surface area contributed by atoms with Crippen molar-refractivity contribution < 1.29 is 19.2 Å². The third-order valence-electron chi connectivity index (χ3n) is 8.21. The molecule has 2 fully saturated rings. The van der Waals surface area contributed by atoms with Crippen molar-refractivity contribution in [3.63, 3.8) is 0 Å². The molecule has 2 aliphatic rings. The summed E-state index contributed by atoms with van der Waals surface area (Å²) in [7, 11) is 0. The van der Waals surface area contributed by atoms with Gasteiger partial charge in [-0.2, -0.15) is 0 Å². The number of fused-ring (bicyclic) bond motifs is 2. The van der Waals surface area contributed by atoms with Crippen LogP contribution in [0.4, 0.5) is 0 Å². The van der Waals surface area contributed by atoms with E-state index in [9.17, 15) is 19.2 Å². The molecule has 4 heterocycles. The average molecular weight is 627 g/mol. The maximum atomic E-state index is 13.7. The van der Waals surface area contributed by atoms with Crippen LogP contribution in [0.2, 0.25) is 0 Å². The van der Waals surface area contributed by atoms with Crippen molar-refractivity contribution in [2.75, 3.05) is 26.2 Å². The lowest BCUT2D eigenvalue weighted by molar-refractivity contribution is -0.131. The molecular weight excluding hydrogens is 597 g/mol. The van der Waals surface area contributed by atoms with Crippen molar-refractivity contribution in [1.82, 2.24) is 29.6 Å². The van der Waals surface area contributed by atoms with Gasteiger partial charge in [-0.1, -0.05) is 48.5 Å². The van der Waals surface area contributed by atoms with E-state index in [4.69, 9.17) is 24.4 Å². The number of benzene rings is 2. The Bertz CT molecular complexity index is 1970. The van der Waals surface area contributed by atoms with Crippen LogP contribution in [-0.2, 0) is 19.2 Å². The van der Waals surface area contributed by atoms with Crippen LogP contribution in [0.1, 0.15) is 27.7 Å². The Morgan fingerprint density at radius 3 is 0.977 bits per heavy atom. The highest BCUT2D eigenvalue weighted by atomic mass is 32.1. The van der Waals surface area contributed by atoms with E-state index in [0.29, 0.717) is 58.3 Å². The summed E-state index contributed by atoms with van der Waals surface area (Å²) < 4.78 is 0. The third kappa shape index (κ3) is 4.12. The van der Waals surface area contributed by atoms with E-state index >= 15 is 0 Å². The number of aromatic nitrogens is 2. The summed E-state index contributed by atoms with van der Waals surface area (Å²) >= 11 is 10.9. The Hall–Kier alpha value is -4.68. The van der Waals surface area contributed by atoms with Crippen LogP contribution in [0.3, 0.4) is 0 Å². The highest BCUT2D eigenvalue weighted by Gasteiger charge is 2.40. The molecule has 0 atom stereocenters. The Morgan fingerprint density at radius 2 is 0.727 bits per heavy atom. The molecule has 4 amide bonds. The molecule has 0 bridgehead atoms. The van der Waals surface area contributed by atoms with Gasteiger partial charge in [0, 0.05) is 47.7 Å². The first-order valence-corrected chi connectivity index (χ1v) is 15.3. The molecule has 44 heavy (non-hydrogen) atoms. The Balaban J connectivity index is 1.80. The lowest BCUT2D eigenvalue weighted by atomic mass is 10.1. The first kappa shape index (κ1) is 29.4. The molecule has 0 radical (unpaired) electrons. The molecule has 224 valence electrons. The number of nitrogens with zero attached hydrogens (tertiary/aromatic N) is 4. The number of hydrogen-bond donors (Lipinski definition) is 2. The highest BCUT2D eigenvalue weighted by Crippen LogP contribution is 2.23. The average Bonchev–Trinajstić information content (AvgIpc) is 3.57. The van der Waals surface area contributed by atoms with Gasteiger partial charge in [-0.15, -0.1) is 0 Å². The zero-order chi connectivity index (χ0) is 31.4. The standard InChI is InChI=1S/C32H30N6O4S2/c1-5-35-27(39)21(28(40)36(6-2)31(35)43)23-17-13-9-11-15-19(17)25(33-23)26-20-16-12-10-14-18(20)24(34-26)22-29(41)37(7-3)32(44)38(8-4)30(22)42/h9-16,33-34H,5-8H2,1-4H3/b26-25+. The smallest absolute Gasteiger partial charge is 0.267 e. The first-order valence-electron chi connectivity index (χ1n) is 14.5. The number of H-pyrrole nitrogens is 2. The van der Waals surface area contributed by atoms with Crippen LogP contribution in [0.15, 0.2) is 48.5 Å². The van der Waals surface area contributed by atoms with Crippen LogP contribution < -0.4 is 10.7 Å². The van der Waals surface area contributed by atoms with Gasteiger partial charge in [-0.25, -0.2) is 0 Å². The molecule has 0 spiro atoms. The van der Waals surface area contributed by atoms with E-state index in [0.717, 1.165) is 10.8 Å². The van der Waals surface area contributed by atoms with Gasteiger partial charge >= 0.3 is 0 Å². The van der Waals surface area contributed by atoms with Crippen molar-refractivity contribution in [3.05, 3.63) is 69.9 Å². The number of nitrogens with one attached hydrogen (secondary N) is 2. The minimum Gasteiger partial charge on any atom is -0.352 e. The SMILES string of the molecule is CCN1C(=O)C(=c2[nH]/c(=c3/[nH]c(=C4C(=O)N(CC)C(=S)N(CC)C4=O)c4ccccc34)c3ccccc23)C(=O)N(CC)C1=S. The van der Waals surface area contributed by atoms with E-state index in [1.54, 1.807) is 0 Å². The van der Waals surface area contributed by atoms with Gasteiger partial charge in [0.25, 0.3) is 23.6 Å². The molecule has 2 N–H and O–H groups in total. The van der Waals surface area contributed by atoms with Crippen molar-refractivity contribution in [2.45, 2.75) is 27.7 Å². The Labute approximate surface area is 262 Å². The van der Waals surface area contributed by atoms with E-state index in [-0.39, 0.29) is 21.4 Å². The molecule has 6 rings (SSSR count). The second-order valence-corrected chi connectivity index (χ2v) is 11.1. The zero-order valence-corrected chi connectivity index (χ0v) is 26.3. The predicted octanol–water partition coefficient (Wildman–Crippen LogP) is 2.23. The molecule has 2 aromatic carbocycles. The van der Waals surface area contributed by atoms with Crippen LogP contribution in [0.25, 0.3) is 32.7 Å². The number of amides is 4. The summed E-state index contributed by atoms with van der Waals surface area (Å²) in [6.07, 6.45) is 0. The molecule has 0 unspecified atom stereocenters. The predicted molar refractivity (Wildman–Crippen MR) is 175 cm³/mol. The van der Waals surface area contributed by atoms with Crippen molar-refractivity contribution >= 4 is 91.0 Å². The molecule has 4 aromatic rings. The molecule has 12 heteroatoms. The second-order valence-electron chi connectivity index (χ2n) is 10.4. The Morgan fingerprint density at radius 1 is 0.477 bits per heavy atom. The molecule has 2 aromatic heterocycles. The van der Waals surface area contributed by atoms with Gasteiger partial charge in [0.2, 0.25) is 0 Å². The molecule has 0 aliphatic carbocycles. The lowest BCUT2D eigenvalue weighted by Crippen LogP contribution is -2.56. The van der Waals surface area contributed by atoms with E-state index < -0.39 is 23.6 Å². The van der Waals surface area contributed by atoms with E-state index in [2.05, 4.69) is 9.97 Å². The molecular formula is C32H30N6O4S2. The number of aromatic amines is 2. The highest BCUT2D eigenvalue weighted by molar-refractivity contribution is 7.80. The fraction of sp³-hybridized carbons (Fsp3) is 0.250. The number of rotatable bonds is 4. The fourth-order valence-electron chi connectivity index (χ4n) is 6.05. The summed E-state index contributed by atoms with van der Waals surface area (Å²) in [5.41, 5.74) is -0.00272. The van der Waals surface area contributed by atoms with Crippen molar-refractivity contribution in [3.8, 4) is 0 Å². The quantitative estimate of drug-likeness (QED) is 0.336. The maximum absolute atomic E-state index is 13.7. The zero-order valence-electron chi connectivity index (χ0n) is 24.7. The summed E-state index contributed by atoms with van der Waals surface area (Å²) in [5, 5.41) is 5.21. The number of hydrogen-bond acceptors (Lipinski definition) is 6. The minimum atomic E-state index is -0.466. The lowest BCUT2D eigenvalue weighted by Gasteiger charge is -2.35. The summed E-state index contributed by atoms with van der Waals surface area (Å²) in [6.45, 7) is 8.51. The van der Waals surface area contributed by atoms with Gasteiger partial charge in [0.1, 0.15) is 11.1 Å². The summed E-state index contributed by atoms with van der Waals surface area (Å²) in [6, 6.07) is 14.9. The van der Waals surface area contributed by atoms with Gasteiger partial charge in [-0.3, -0.25) is 38.8 Å². The third-order valence-corrected chi connectivity index (χ3v) is 9.09.